The number of rotatable bonds is 9. The number of aryl methyl sites for hydroxylation is 3. The number of anilines is 1. The molecule has 0 saturated heterocycles. The van der Waals surface area contributed by atoms with E-state index >= 15 is 0 Å². The lowest BCUT2D eigenvalue weighted by molar-refractivity contribution is -0.120. The second kappa shape index (κ2) is 10.8. The van der Waals surface area contributed by atoms with E-state index in [4.69, 9.17) is 9.47 Å². The monoisotopic (exact) mass is 496 g/mol. The zero-order valence-electron chi connectivity index (χ0n) is 21.0. The van der Waals surface area contributed by atoms with Gasteiger partial charge in [-0.25, -0.2) is 8.42 Å². The SMILES string of the molecule is COc1ccc(OC)c(C(C)NC(=O)CN(c2cc(C)cc(C)c2)S(=O)(=O)c2ccc(C)cc2)c1. The highest BCUT2D eigenvalue weighted by Crippen LogP contribution is 2.30. The van der Waals surface area contributed by atoms with Gasteiger partial charge in [0.15, 0.2) is 0 Å². The van der Waals surface area contributed by atoms with E-state index in [1.54, 1.807) is 68.8 Å². The van der Waals surface area contributed by atoms with Crippen molar-refractivity contribution >= 4 is 21.6 Å². The highest BCUT2D eigenvalue weighted by atomic mass is 32.2. The minimum atomic E-state index is -4.00. The number of nitrogens with zero attached hydrogens (tertiary/aromatic N) is 1. The molecule has 8 heteroatoms. The molecule has 0 saturated carbocycles. The summed E-state index contributed by atoms with van der Waals surface area (Å²) in [5, 5.41) is 2.90. The molecule has 186 valence electrons. The Bertz CT molecular complexity index is 1280. The normalized spacial score (nSPS) is 12.1. The Kier molecular flexibility index (Phi) is 8.07. The van der Waals surface area contributed by atoms with E-state index < -0.39 is 22.0 Å². The van der Waals surface area contributed by atoms with Crippen molar-refractivity contribution in [2.24, 2.45) is 0 Å². The lowest BCUT2D eigenvalue weighted by Crippen LogP contribution is -2.41. The van der Waals surface area contributed by atoms with E-state index in [0.717, 1.165) is 26.6 Å². The summed E-state index contributed by atoms with van der Waals surface area (Å²) in [6.45, 7) is 7.11. The number of ether oxygens (including phenoxy) is 2. The molecule has 3 aromatic carbocycles. The van der Waals surface area contributed by atoms with Crippen LogP contribution in [0.4, 0.5) is 5.69 Å². The van der Waals surface area contributed by atoms with Crippen molar-refractivity contribution in [3.05, 3.63) is 82.9 Å². The van der Waals surface area contributed by atoms with Crippen molar-refractivity contribution in [2.75, 3.05) is 25.1 Å². The number of sulfonamides is 1. The van der Waals surface area contributed by atoms with Crippen LogP contribution in [0.15, 0.2) is 65.6 Å². The van der Waals surface area contributed by atoms with Gasteiger partial charge in [-0.05, 0) is 81.3 Å². The van der Waals surface area contributed by atoms with E-state index in [1.807, 2.05) is 33.8 Å². The van der Waals surface area contributed by atoms with Gasteiger partial charge in [-0.1, -0.05) is 23.8 Å². The molecule has 0 heterocycles. The van der Waals surface area contributed by atoms with E-state index in [-0.39, 0.29) is 11.4 Å². The van der Waals surface area contributed by atoms with Crippen LogP contribution in [-0.4, -0.2) is 35.1 Å². The number of hydrogen-bond acceptors (Lipinski definition) is 5. The number of methoxy groups -OCH3 is 2. The highest BCUT2D eigenvalue weighted by Gasteiger charge is 2.28. The molecule has 0 spiro atoms. The molecule has 0 aromatic heterocycles. The van der Waals surface area contributed by atoms with E-state index in [1.165, 1.54) is 0 Å². The van der Waals surface area contributed by atoms with Gasteiger partial charge in [0.1, 0.15) is 18.0 Å². The standard InChI is InChI=1S/C27H32N2O5S/c1-18-7-10-24(11-8-18)35(31,32)29(22-14-19(2)13-20(3)15-22)17-27(30)28-21(4)25-16-23(33-5)9-12-26(25)34-6/h7-16,21H,17H2,1-6H3,(H,28,30). The van der Waals surface area contributed by atoms with Crippen LogP contribution >= 0.6 is 0 Å². The zero-order chi connectivity index (χ0) is 25.8. The molecule has 0 aliphatic rings. The first kappa shape index (κ1) is 26.1. The fourth-order valence-electron chi connectivity index (χ4n) is 3.92. The Morgan fingerprint density at radius 3 is 2.09 bits per heavy atom. The average molecular weight is 497 g/mol. The van der Waals surface area contributed by atoms with E-state index in [0.29, 0.717) is 17.2 Å². The van der Waals surface area contributed by atoms with Crippen LogP contribution in [0.25, 0.3) is 0 Å². The van der Waals surface area contributed by atoms with Crippen molar-refractivity contribution in [3.8, 4) is 11.5 Å². The molecule has 0 bridgehead atoms. The zero-order valence-corrected chi connectivity index (χ0v) is 21.8. The first-order valence-corrected chi connectivity index (χ1v) is 12.7. The number of nitrogens with one attached hydrogen (secondary N) is 1. The predicted octanol–water partition coefficient (Wildman–Crippen LogP) is 4.70. The first-order valence-electron chi connectivity index (χ1n) is 11.2. The van der Waals surface area contributed by atoms with Gasteiger partial charge in [-0.2, -0.15) is 0 Å². The number of amides is 1. The molecule has 7 nitrogen and oxygen atoms in total. The second-order valence-electron chi connectivity index (χ2n) is 8.57. The van der Waals surface area contributed by atoms with Gasteiger partial charge in [0.2, 0.25) is 5.91 Å². The fraction of sp³-hybridized carbons (Fsp3) is 0.296. The van der Waals surface area contributed by atoms with Crippen LogP contribution in [-0.2, 0) is 14.8 Å². The lowest BCUT2D eigenvalue weighted by Gasteiger charge is -2.26. The summed E-state index contributed by atoms with van der Waals surface area (Å²) in [4.78, 5) is 13.3. The van der Waals surface area contributed by atoms with Crippen molar-refractivity contribution in [2.45, 2.75) is 38.6 Å². The molecule has 0 fully saturated rings. The summed E-state index contributed by atoms with van der Waals surface area (Å²) in [6, 6.07) is 17.0. The lowest BCUT2D eigenvalue weighted by atomic mass is 10.1. The molecule has 3 rings (SSSR count). The Morgan fingerprint density at radius 1 is 0.886 bits per heavy atom. The summed E-state index contributed by atoms with van der Waals surface area (Å²) in [5.74, 6) is 0.773. The maximum absolute atomic E-state index is 13.7. The minimum absolute atomic E-state index is 0.123. The predicted molar refractivity (Wildman–Crippen MR) is 138 cm³/mol. The molecule has 0 aliphatic heterocycles. The quantitative estimate of drug-likeness (QED) is 0.464. The average Bonchev–Trinajstić information content (AvgIpc) is 2.81. The van der Waals surface area contributed by atoms with Gasteiger partial charge in [0.05, 0.1) is 30.8 Å². The Balaban J connectivity index is 1.95. The summed E-state index contributed by atoms with van der Waals surface area (Å²) in [6.07, 6.45) is 0. The van der Waals surface area contributed by atoms with E-state index in [9.17, 15) is 13.2 Å². The Hall–Kier alpha value is -3.52. The third-order valence-corrected chi connectivity index (χ3v) is 7.46. The van der Waals surface area contributed by atoms with Crippen LogP contribution < -0.4 is 19.1 Å². The molecule has 3 aromatic rings. The minimum Gasteiger partial charge on any atom is -0.497 e. The molecule has 1 unspecified atom stereocenters. The second-order valence-corrected chi connectivity index (χ2v) is 10.4. The maximum Gasteiger partial charge on any atom is 0.264 e. The molecule has 1 atom stereocenters. The smallest absolute Gasteiger partial charge is 0.264 e. The Labute approximate surface area is 207 Å². The van der Waals surface area contributed by atoms with Gasteiger partial charge in [0, 0.05) is 5.56 Å². The molecule has 0 radical (unpaired) electrons. The molecular formula is C27H32N2O5S. The van der Waals surface area contributed by atoms with Gasteiger partial charge in [-0.15, -0.1) is 0 Å². The molecule has 1 N–H and O–H groups in total. The summed E-state index contributed by atoms with van der Waals surface area (Å²) < 4.78 is 39.2. The number of hydrogen-bond donors (Lipinski definition) is 1. The van der Waals surface area contributed by atoms with Crippen molar-refractivity contribution in [1.29, 1.82) is 0 Å². The van der Waals surface area contributed by atoms with Gasteiger partial charge in [-0.3, -0.25) is 9.10 Å². The topological polar surface area (TPSA) is 84.9 Å². The summed E-state index contributed by atoms with van der Waals surface area (Å²) in [5.41, 5.74) is 3.91. The third-order valence-electron chi connectivity index (χ3n) is 5.67. The maximum atomic E-state index is 13.7. The highest BCUT2D eigenvalue weighted by molar-refractivity contribution is 7.92. The molecule has 1 amide bonds. The molecule has 0 aliphatic carbocycles. The first-order chi connectivity index (χ1) is 16.5. The van der Waals surface area contributed by atoms with Gasteiger partial charge < -0.3 is 14.8 Å². The van der Waals surface area contributed by atoms with Crippen molar-refractivity contribution in [1.82, 2.24) is 5.32 Å². The van der Waals surface area contributed by atoms with Crippen LogP contribution in [0, 0.1) is 20.8 Å². The van der Waals surface area contributed by atoms with Crippen molar-refractivity contribution < 1.29 is 22.7 Å². The van der Waals surface area contributed by atoms with Crippen LogP contribution in [0.5, 0.6) is 11.5 Å². The van der Waals surface area contributed by atoms with Gasteiger partial charge >= 0.3 is 0 Å². The largest absolute Gasteiger partial charge is 0.497 e. The van der Waals surface area contributed by atoms with Crippen molar-refractivity contribution in [3.63, 3.8) is 0 Å². The molecule has 35 heavy (non-hydrogen) atoms. The summed E-state index contributed by atoms with van der Waals surface area (Å²) >= 11 is 0. The Morgan fingerprint density at radius 2 is 1.51 bits per heavy atom. The number of carbonyl (C=O) groups is 1. The molecular weight excluding hydrogens is 464 g/mol. The van der Waals surface area contributed by atoms with Crippen LogP contribution in [0.1, 0.15) is 35.2 Å². The van der Waals surface area contributed by atoms with Gasteiger partial charge in [0.25, 0.3) is 10.0 Å². The number of carbonyl (C=O) groups excluding carboxylic acids is 1. The fourth-order valence-corrected chi connectivity index (χ4v) is 5.32. The number of benzene rings is 3. The van der Waals surface area contributed by atoms with E-state index in [2.05, 4.69) is 5.32 Å². The summed E-state index contributed by atoms with van der Waals surface area (Å²) in [7, 11) is -0.882. The third kappa shape index (κ3) is 6.14. The van der Waals surface area contributed by atoms with Crippen LogP contribution in [0.2, 0.25) is 0 Å². The van der Waals surface area contributed by atoms with Crippen LogP contribution in [0.3, 0.4) is 0 Å².